The van der Waals surface area contributed by atoms with E-state index in [2.05, 4.69) is 0 Å². The number of nitrogens with zero attached hydrogens (tertiary/aromatic N) is 2. The van der Waals surface area contributed by atoms with Gasteiger partial charge < -0.3 is 5.73 Å². The van der Waals surface area contributed by atoms with Crippen molar-refractivity contribution >= 4 is 10.0 Å². The van der Waals surface area contributed by atoms with Crippen molar-refractivity contribution < 1.29 is 8.42 Å². The fraction of sp³-hybridized carbons (Fsp3) is 0.417. The summed E-state index contributed by atoms with van der Waals surface area (Å²) in [6.07, 6.45) is 0.665. The summed E-state index contributed by atoms with van der Waals surface area (Å²) in [5.74, 6) is 0. The average Bonchev–Trinajstić information content (AvgIpc) is 2.70. The van der Waals surface area contributed by atoms with Crippen LogP contribution in [0.5, 0.6) is 0 Å². The predicted molar refractivity (Wildman–Crippen MR) is 67.1 cm³/mol. The van der Waals surface area contributed by atoms with Crippen molar-refractivity contribution in [3.8, 4) is 6.07 Å². The van der Waals surface area contributed by atoms with E-state index in [1.807, 2.05) is 13.0 Å². The summed E-state index contributed by atoms with van der Waals surface area (Å²) in [7, 11) is -3.55. The molecule has 1 aliphatic heterocycles. The first-order chi connectivity index (χ1) is 8.46. The van der Waals surface area contributed by atoms with Crippen LogP contribution in [0.4, 0.5) is 0 Å². The number of hydrogen-bond donors (Lipinski definition) is 1. The summed E-state index contributed by atoms with van der Waals surface area (Å²) in [6, 6.07) is 7.67. The molecule has 1 aromatic rings. The van der Waals surface area contributed by atoms with Gasteiger partial charge in [0.15, 0.2) is 0 Å². The molecule has 0 aliphatic carbocycles. The lowest BCUT2D eigenvalue weighted by Crippen LogP contribution is -2.40. The van der Waals surface area contributed by atoms with Gasteiger partial charge in [0.1, 0.15) is 0 Å². The molecular formula is C12H15N3O2S. The Labute approximate surface area is 107 Å². The van der Waals surface area contributed by atoms with Crippen LogP contribution in [0.15, 0.2) is 29.2 Å². The number of hydrogen-bond acceptors (Lipinski definition) is 4. The molecule has 2 atom stereocenters. The SMILES string of the molecule is CC1C(N)CCN1S(=O)(=O)c1cccc(C#N)c1. The van der Waals surface area contributed by atoms with Crippen molar-refractivity contribution in [2.75, 3.05) is 6.54 Å². The van der Waals surface area contributed by atoms with Crippen LogP contribution in [0.3, 0.4) is 0 Å². The largest absolute Gasteiger partial charge is 0.326 e. The first-order valence-electron chi connectivity index (χ1n) is 5.74. The van der Waals surface area contributed by atoms with Crippen molar-refractivity contribution in [1.29, 1.82) is 5.26 Å². The molecule has 96 valence electrons. The van der Waals surface area contributed by atoms with E-state index in [4.69, 9.17) is 11.0 Å². The Kier molecular flexibility index (Phi) is 3.39. The van der Waals surface area contributed by atoms with Crippen LogP contribution in [0.2, 0.25) is 0 Å². The summed E-state index contributed by atoms with van der Waals surface area (Å²) in [6.45, 7) is 2.24. The number of nitriles is 1. The summed E-state index contributed by atoms with van der Waals surface area (Å²) < 4.78 is 26.2. The predicted octanol–water partition coefficient (Wildman–Crippen LogP) is 0.668. The highest BCUT2D eigenvalue weighted by molar-refractivity contribution is 7.89. The lowest BCUT2D eigenvalue weighted by molar-refractivity contribution is 0.393. The zero-order valence-corrected chi connectivity index (χ0v) is 10.9. The van der Waals surface area contributed by atoms with Gasteiger partial charge in [-0.3, -0.25) is 0 Å². The van der Waals surface area contributed by atoms with E-state index in [0.29, 0.717) is 18.5 Å². The van der Waals surface area contributed by atoms with Gasteiger partial charge in [-0.25, -0.2) is 8.42 Å². The van der Waals surface area contributed by atoms with Crippen molar-refractivity contribution in [1.82, 2.24) is 4.31 Å². The molecule has 2 N–H and O–H groups in total. The first kappa shape index (κ1) is 13.0. The molecule has 1 saturated heterocycles. The second-order valence-electron chi connectivity index (χ2n) is 4.45. The Balaban J connectivity index is 2.40. The van der Waals surface area contributed by atoms with Gasteiger partial charge in [0, 0.05) is 18.6 Å². The molecule has 0 radical (unpaired) electrons. The summed E-state index contributed by atoms with van der Waals surface area (Å²) in [5, 5.41) is 8.81. The molecule has 0 saturated carbocycles. The van der Waals surface area contributed by atoms with Gasteiger partial charge in [0.05, 0.1) is 16.5 Å². The van der Waals surface area contributed by atoms with Crippen LogP contribution < -0.4 is 5.73 Å². The fourth-order valence-corrected chi connectivity index (χ4v) is 3.87. The highest BCUT2D eigenvalue weighted by Crippen LogP contribution is 2.25. The quantitative estimate of drug-likeness (QED) is 0.851. The molecule has 5 nitrogen and oxygen atoms in total. The van der Waals surface area contributed by atoms with Crippen LogP contribution >= 0.6 is 0 Å². The normalized spacial score (nSPS) is 24.9. The van der Waals surface area contributed by atoms with Crippen molar-refractivity contribution in [2.24, 2.45) is 5.73 Å². The molecule has 1 fully saturated rings. The minimum Gasteiger partial charge on any atom is -0.326 e. The molecular weight excluding hydrogens is 250 g/mol. The fourth-order valence-electron chi connectivity index (χ4n) is 2.14. The zero-order chi connectivity index (χ0) is 13.3. The molecule has 0 aromatic heterocycles. The Bertz CT molecular complexity index is 592. The van der Waals surface area contributed by atoms with Crippen LogP contribution in [0.1, 0.15) is 18.9 Å². The van der Waals surface area contributed by atoms with Crippen LogP contribution in [0.25, 0.3) is 0 Å². The van der Waals surface area contributed by atoms with Gasteiger partial charge in [-0.1, -0.05) is 6.07 Å². The maximum absolute atomic E-state index is 12.4. The summed E-state index contributed by atoms with van der Waals surface area (Å²) >= 11 is 0. The summed E-state index contributed by atoms with van der Waals surface area (Å²) in [4.78, 5) is 0.155. The van der Waals surface area contributed by atoms with Gasteiger partial charge in [-0.15, -0.1) is 0 Å². The van der Waals surface area contributed by atoms with Crippen LogP contribution in [0, 0.1) is 11.3 Å². The first-order valence-corrected chi connectivity index (χ1v) is 7.18. The molecule has 1 aliphatic rings. The minimum absolute atomic E-state index is 0.126. The lowest BCUT2D eigenvalue weighted by atomic mass is 10.2. The molecule has 6 heteroatoms. The van der Waals surface area contributed by atoms with E-state index < -0.39 is 10.0 Å². The highest BCUT2D eigenvalue weighted by atomic mass is 32.2. The Morgan fingerprint density at radius 2 is 2.22 bits per heavy atom. The van der Waals surface area contributed by atoms with Crippen LogP contribution in [-0.2, 0) is 10.0 Å². The van der Waals surface area contributed by atoms with Gasteiger partial charge in [-0.2, -0.15) is 9.57 Å². The molecule has 0 amide bonds. The second kappa shape index (κ2) is 4.69. The van der Waals surface area contributed by atoms with Crippen LogP contribution in [-0.4, -0.2) is 31.4 Å². The molecule has 18 heavy (non-hydrogen) atoms. The average molecular weight is 265 g/mol. The van der Waals surface area contributed by atoms with E-state index in [1.165, 1.54) is 16.4 Å². The van der Waals surface area contributed by atoms with E-state index in [0.717, 1.165) is 0 Å². The maximum Gasteiger partial charge on any atom is 0.243 e. The molecule has 0 spiro atoms. The number of sulfonamides is 1. The van der Waals surface area contributed by atoms with Crippen molar-refractivity contribution in [2.45, 2.75) is 30.3 Å². The van der Waals surface area contributed by atoms with Gasteiger partial charge in [-0.05, 0) is 31.5 Å². The Morgan fingerprint density at radius 1 is 1.50 bits per heavy atom. The van der Waals surface area contributed by atoms with E-state index in [1.54, 1.807) is 12.1 Å². The third-order valence-corrected chi connectivity index (χ3v) is 5.31. The van der Waals surface area contributed by atoms with Crippen molar-refractivity contribution in [3.05, 3.63) is 29.8 Å². The topological polar surface area (TPSA) is 87.2 Å². The zero-order valence-electron chi connectivity index (χ0n) is 10.1. The maximum atomic E-state index is 12.4. The standard InChI is InChI=1S/C12H15N3O2S/c1-9-12(14)5-6-15(9)18(16,17)11-4-2-3-10(7-11)8-13/h2-4,7,9,12H,5-6,14H2,1H3. The molecule has 1 heterocycles. The minimum atomic E-state index is -3.55. The third-order valence-electron chi connectivity index (χ3n) is 3.33. The van der Waals surface area contributed by atoms with E-state index in [-0.39, 0.29) is 17.0 Å². The monoisotopic (exact) mass is 265 g/mol. The van der Waals surface area contributed by atoms with Crippen molar-refractivity contribution in [3.63, 3.8) is 0 Å². The van der Waals surface area contributed by atoms with Gasteiger partial charge in [0.2, 0.25) is 10.0 Å². The molecule has 0 bridgehead atoms. The number of nitrogens with two attached hydrogens (primary N) is 1. The summed E-state index contributed by atoms with van der Waals surface area (Å²) in [5.41, 5.74) is 6.18. The van der Waals surface area contributed by atoms with E-state index >= 15 is 0 Å². The van der Waals surface area contributed by atoms with Gasteiger partial charge in [0.25, 0.3) is 0 Å². The molecule has 1 aromatic carbocycles. The van der Waals surface area contributed by atoms with Gasteiger partial charge >= 0.3 is 0 Å². The smallest absolute Gasteiger partial charge is 0.243 e. The third kappa shape index (κ3) is 2.12. The second-order valence-corrected chi connectivity index (χ2v) is 6.34. The molecule has 2 unspecified atom stereocenters. The molecule has 2 rings (SSSR count). The van der Waals surface area contributed by atoms with E-state index in [9.17, 15) is 8.42 Å². The highest BCUT2D eigenvalue weighted by Gasteiger charge is 2.37. The Hall–Kier alpha value is -1.42. The lowest BCUT2D eigenvalue weighted by Gasteiger charge is -2.22. The number of benzene rings is 1. The number of rotatable bonds is 2. The Morgan fingerprint density at radius 3 is 2.78 bits per heavy atom.